The molecule has 1 N–H and O–H groups in total. The molecule has 1 aromatic carbocycles. The molecule has 0 atom stereocenters. The summed E-state index contributed by atoms with van der Waals surface area (Å²) in [5.41, 5.74) is 3.75. The van der Waals surface area contributed by atoms with Crippen molar-refractivity contribution in [2.45, 2.75) is 6.04 Å². The van der Waals surface area contributed by atoms with Gasteiger partial charge in [0.1, 0.15) is 0 Å². The van der Waals surface area contributed by atoms with Crippen molar-refractivity contribution in [3.05, 3.63) is 55.1 Å². The van der Waals surface area contributed by atoms with Crippen molar-refractivity contribution in [2.24, 2.45) is 0 Å². The summed E-state index contributed by atoms with van der Waals surface area (Å²) in [4.78, 5) is 13.4. The molecule has 0 bridgehead atoms. The van der Waals surface area contributed by atoms with Gasteiger partial charge in [-0.25, -0.2) is 4.98 Å². The fourth-order valence-electron chi connectivity index (χ4n) is 3.26. The van der Waals surface area contributed by atoms with Gasteiger partial charge in [0.15, 0.2) is 11.2 Å². The maximum Gasteiger partial charge on any atom is 0.229 e. The molecule has 10 nitrogen and oxygen atoms in total. The first-order valence-electron chi connectivity index (χ1n) is 9.16. The number of nitrogens with zero attached hydrogens (tertiary/aromatic N) is 8. The summed E-state index contributed by atoms with van der Waals surface area (Å²) < 4.78 is 8.78. The minimum atomic E-state index is 0.293. The van der Waals surface area contributed by atoms with Crippen molar-refractivity contribution in [1.82, 2.24) is 39.7 Å². The predicted molar refractivity (Wildman–Crippen MR) is 105 cm³/mol. The zero-order valence-electron chi connectivity index (χ0n) is 15.2. The first-order valence-corrected chi connectivity index (χ1v) is 9.16. The second-order valence-electron chi connectivity index (χ2n) is 6.81. The van der Waals surface area contributed by atoms with Crippen LogP contribution in [-0.4, -0.2) is 52.9 Å². The largest absolute Gasteiger partial charge is 0.377 e. The van der Waals surface area contributed by atoms with Crippen LogP contribution in [0.25, 0.3) is 27.8 Å². The lowest BCUT2D eigenvalue weighted by Crippen LogP contribution is -2.30. The van der Waals surface area contributed by atoms with E-state index in [1.165, 1.54) is 0 Å². The molecule has 0 amide bonds. The van der Waals surface area contributed by atoms with Crippen LogP contribution in [0.5, 0.6) is 0 Å². The van der Waals surface area contributed by atoms with E-state index >= 15 is 0 Å². The number of aromatic nitrogens is 8. The Bertz CT molecular complexity index is 1340. The number of pyridine rings is 1. The van der Waals surface area contributed by atoms with Gasteiger partial charge in [-0.2, -0.15) is 14.8 Å². The van der Waals surface area contributed by atoms with E-state index in [2.05, 4.69) is 35.7 Å². The van der Waals surface area contributed by atoms with Crippen molar-refractivity contribution >= 4 is 33.7 Å². The number of benzene rings is 1. The fourth-order valence-corrected chi connectivity index (χ4v) is 3.26. The van der Waals surface area contributed by atoms with E-state index in [-0.39, 0.29) is 0 Å². The Morgan fingerprint density at radius 3 is 2.93 bits per heavy atom. The summed E-state index contributed by atoms with van der Waals surface area (Å²) in [6.07, 6.45) is 7.09. The Labute approximate surface area is 164 Å². The van der Waals surface area contributed by atoms with E-state index in [0.29, 0.717) is 36.4 Å². The van der Waals surface area contributed by atoms with Crippen LogP contribution in [0.3, 0.4) is 0 Å². The zero-order chi connectivity index (χ0) is 19.2. The molecular weight excluding hydrogens is 370 g/mol. The van der Waals surface area contributed by atoms with Gasteiger partial charge in [-0.1, -0.05) is 17.3 Å². The zero-order valence-corrected chi connectivity index (χ0v) is 15.2. The molecule has 10 heteroatoms. The number of hydrogen-bond acceptors (Lipinski definition) is 8. The number of hydrogen-bond donors (Lipinski definition) is 1. The molecule has 1 fully saturated rings. The van der Waals surface area contributed by atoms with Gasteiger partial charge in [-0.3, -0.25) is 9.67 Å². The Hall–Kier alpha value is -3.92. The van der Waals surface area contributed by atoms with E-state index in [9.17, 15) is 0 Å². The molecule has 5 heterocycles. The summed E-state index contributed by atoms with van der Waals surface area (Å²) in [6, 6.07) is 10.2. The highest BCUT2D eigenvalue weighted by Gasteiger charge is 2.21. The number of rotatable bonds is 4. The van der Waals surface area contributed by atoms with Crippen molar-refractivity contribution < 1.29 is 4.74 Å². The van der Waals surface area contributed by atoms with Crippen LogP contribution in [0.1, 0.15) is 6.04 Å². The van der Waals surface area contributed by atoms with Gasteiger partial charge in [0.25, 0.3) is 0 Å². The summed E-state index contributed by atoms with van der Waals surface area (Å²) in [5, 5.41) is 17.0. The van der Waals surface area contributed by atoms with E-state index in [0.717, 1.165) is 22.3 Å². The molecule has 1 aliphatic heterocycles. The van der Waals surface area contributed by atoms with Crippen LogP contribution in [0.2, 0.25) is 0 Å². The SMILES string of the molecule is c1cnc2cc(-n3nnc4cnc(Nc5cnn(C6COC6)c5)nc43)ccc2c1. The lowest BCUT2D eigenvalue weighted by molar-refractivity contribution is -0.0286. The molecule has 142 valence electrons. The molecule has 0 spiro atoms. The highest BCUT2D eigenvalue weighted by molar-refractivity contribution is 5.81. The third-order valence-corrected chi connectivity index (χ3v) is 4.88. The summed E-state index contributed by atoms with van der Waals surface area (Å²) in [6.45, 7) is 1.38. The third kappa shape index (κ3) is 2.77. The van der Waals surface area contributed by atoms with E-state index in [1.54, 1.807) is 23.3 Å². The van der Waals surface area contributed by atoms with Gasteiger partial charge < -0.3 is 10.1 Å². The molecule has 29 heavy (non-hydrogen) atoms. The highest BCUT2D eigenvalue weighted by atomic mass is 16.5. The summed E-state index contributed by atoms with van der Waals surface area (Å²) in [7, 11) is 0. The maximum absolute atomic E-state index is 5.21. The lowest BCUT2D eigenvalue weighted by atomic mass is 10.2. The van der Waals surface area contributed by atoms with E-state index in [1.807, 2.05) is 41.2 Å². The molecule has 0 unspecified atom stereocenters. The smallest absolute Gasteiger partial charge is 0.229 e. The van der Waals surface area contributed by atoms with Gasteiger partial charge >= 0.3 is 0 Å². The molecule has 0 saturated carbocycles. The molecule has 1 aliphatic rings. The first kappa shape index (κ1) is 16.1. The minimum Gasteiger partial charge on any atom is -0.377 e. The normalized spacial score (nSPS) is 14.3. The second kappa shape index (κ2) is 6.31. The monoisotopic (exact) mass is 385 g/mol. The Morgan fingerprint density at radius 2 is 2.03 bits per heavy atom. The lowest BCUT2D eigenvalue weighted by Gasteiger charge is -2.25. The van der Waals surface area contributed by atoms with Gasteiger partial charge in [-0.05, 0) is 18.2 Å². The number of nitrogens with one attached hydrogen (secondary N) is 1. The maximum atomic E-state index is 5.21. The van der Waals surface area contributed by atoms with Crippen molar-refractivity contribution in [3.63, 3.8) is 0 Å². The third-order valence-electron chi connectivity index (χ3n) is 4.88. The van der Waals surface area contributed by atoms with Crippen molar-refractivity contribution in [3.8, 4) is 5.69 Å². The molecule has 6 rings (SSSR count). The Balaban J connectivity index is 1.35. The average molecular weight is 385 g/mol. The van der Waals surface area contributed by atoms with Gasteiger partial charge in [0.05, 0.1) is 48.5 Å². The Kier molecular flexibility index (Phi) is 3.50. The molecule has 0 aliphatic carbocycles. The average Bonchev–Trinajstić information content (AvgIpc) is 3.33. The molecule has 5 aromatic rings. The topological polar surface area (TPSA) is 108 Å². The molecular formula is C19H15N9O. The van der Waals surface area contributed by atoms with Gasteiger partial charge in [-0.15, -0.1) is 5.10 Å². The van der Waals surface area contributed by atoms with Crippen molar-refractivity contribution in [1.29, 1.82) is 0 Å². The van der Waals surface area contributed by atoms with E-state index < -0.39 is 0 Å². The van der Waals surface area contributed by atoms with Gasteiger partial charge in [0, 0.05) is 17.8 Å². The van der Waals surface area contributed by atoms with Crippen LogP contribution in [0, 0.1) is 0 Å². The highest BCUT2D eigenvalue weighted by Crippen LogP contribution is 2.22. The van der Waals surface area contributed by atoms with Crippen LogP contribution >= 0.6 is 0 Å². The van der Waals surface area contributed by atoms with Crippen molar-refractivity contribution in [2.75, 3.05) is 18.5 Å². The molecule has 1 saturated heterocycles. The van der Waals surface area contributed by atoms with Crippen LogP contribution in [0.15, 0.2) is 55.1 Å². The minimum absolute atomic E-state index is 0.293. The standard InChI is InChI=1S/C19H15N9O/c1-2-12-3-4-14(6-16(12)20-5-1)28-18-17(25-26-28)8-21-19(24-18)23-13-7-22-27(9-13)15-10-29-11-15/h1-9,15H,10-11H2,(H,21,23,24). The van der Waals surface area contributed by atoms with Crippen LogP contribution in [0.4, 0.5) is 11.6 Å². The molecule has 0 radical (unpaired) electrons. The van der Waals surface area contributed by atoms with Crippen LogP contribution in [-0.2, 0) is 4.74 Å². The van der Waals surface area contributed by atoms with Gasteiger partial charge in [0.2, 0.25) is 5.95 Å². The first-order chi connectivity index (χ1) is 14.3. The van der Waals surface area contributed by atoms with Crippen LogP contribution < -0.4 is 5.32 Å². The predicted octanol–water partition coefficient (Wildman–Crippen LogP) is 2.27. The Morgan fingerprint density at radius 1 is 1.07 bits per heavy atom. The second-order valence-corrected chi connectivity index (χ2v) is 6.81. The van der Waals surface area contributed by atoms with E-state index in [4.69, 9.17) is 4.74 Å². The quantitative estimate of drug-likeness (QED) is 0.502. The number of ether oxygens (including phenoxy) is 1. The number of anilines is 2. The number of fused-ring (bicyclic) bond motifs is 2. The molecule has 4 aromatic heterocycles. The summed E-state index contributed by atoms with van der Waals surface area (Å²) in [5.74, 6) is 0.448. The summed E-state index contributed by atoms with van der Waals surface area (Å²) >= 11 is 0. The fraction of sp³-hybridized carbons (Fsp3) is 0.158.